The van der Waals surface area contributed by atoms with Crippen LogP contribution in [0.25, 0.3) is 0 Å². The molecule has 0 bridgehead atoms. The number of aromatic nitrogens is 1. The second kappa shape index (κ2) is 9.61. The van der Waals surface area contributed by atoms with E-state index in [4.69, 9.17) is 9.47 Å². The number of amides is 1. The SMILES string of the molecule is COC(=O)c1c(C)[nH]c(C(=O)OCC(=O)Nc2c(C(C)C)cccc2C(C)C)c1C. The molecular weight excluding hydrogens is 384 g/mol. The molecule has 0 saturated carbocycles. The highest BCUT2D eigenvalue weighted by Gasteiger charge is 2.24. The number of esters is 2. The van der Waals surface area contributed by atoms with Crippen molar-refractivity contribution < 1.29 is 23.9 Å². The maximum Gasteiger partial charge on any atom is 0.355 e. The lowest BCUT2D eigenvalue weighted by Gasteiger charge is -2.20. The van der Waals surface area contributed by atoms with Crippen molar-refractivity contribution in [2.24, 2.45) is 0 Å². The third kappa shape index (κ3) is 4.90. The lowest BCUT2D eigenvalue weighted by molar-refractivity contribution is -0.119. The van der Waals surface area contributed by atoms with E-state index in [2.05, 4.69) is 38.0 Å². The second-order valence-corrected chi connectivity index (χ2v) is 7.86. The van der Waals surface area contributed by atoms with E-state index in [1.54, 1.807) is 13.8 Å². The molecule has 1 heterocycles. The Morgan fingerprint density at radius 1 is 1.00 bits per heavy atom. The van der Waals surface area contributed by atoms with Crippen LogP contribution in [-0.2, 0) is 14.3 Å². The van der Waals surface area contributed by atoms with Gasteiger partial charge in [-0.1, -0.05) is 45.9 Å². The second-order valence-electron chi connectivity index (χ2n) is 7.86. The summed E-state index contributed by atoms with van der Waals surface area (Å²) in [6.07, 6.45) is 0. The maximum atomic E-state index is 12.5. The Bertz CT molecular complexity index is 930. The van der Waals surface area contributed by atoms with E-state index in [1.807, 2.05) is 18.2 Å². The number of para-hydroxylation sites is 1. The van der Waals surface area contributed by atoms with Crippen LogP contribution < -0.4 is 5.32 Å². The third-order valence-corrected chi connectivity index (χ3v) is 5.00. The number of aryl methyl sites for hydroxylation is 1. The van der Waals surface area contributed by atoms with Gasteiger partial charge in [-0.3, -0.25) is 4.79 Å². The molecule has 0 aliphatic heterocycles. The minimum Gasteiger partial charge on any atom is -0.465 e. The van der Waals surface area contributed by atoms with E-state index in [-0.39, 0.29) is 17.5 Å². The van der Waals surface area contributed by atoms with Crippen LogP contribution in [0.4, 0.5) is 5.69 Å². The summed E-state index contributed by atoms with van der Waals surface area (Å²) in [4.78, 5) is 39.7. The normalized spacial score (nSPS) is 11.0. The monoisotopic (exact) mass is 414 g/mol. The van der Waals surface area contributed by atoms with Crippen molar-refractivity contribution in [2.75, 3.05) is 19.0 Å². The van der Waals surface area contributed by atoms with Crippen LogP contribution in [0.15, 0.2) is 18.2 Å². The van der Waals surface area contributed by atoms with Gasteiger partial charge in [0.15, 0.2) is 6.61 Å². The Morgan fingerprint density at radius 3 is 2.07 bits per heavy atom. The smallest absolute Gasteiger partial charge is 0.355 e. The van der Waals surface area contributed by atoms with Crippen molar-refractivity contribution in [3.05, 3.63) is 51.8 Å². The van der Waals surface area contributed by atoms with E-state index < -0.39 is 24.5 Å². The lowest BCUT2D eigenvalue weighted by Crippen LogP contribution is -2.23. The van der Waals surface area contributed by atoms with Crippen molar-refractivity contribution >= 4 is 23.5 Å². The van der Waals surface area contributed by atoms with E-state index in [1.165, 1.54) is 7.11 Å². The van der Waals surface area contributed by atoms with Crippen LogP contribution in [0.5, 0.6) is 0 Å². The molecule has 0 atom stereocenters. The Morgan fingerprint density at radius 2 is 1.57 bits per heavy atom. The molecule has 30 heavy (non-hydrogen) atoms. The number of carbonyl (C=O) groups excluding carboxylic acids is 3. The maximum absolute atomic E-state index is 12.5. The molecule has 7 heteroatoms. The number of anilines is 1. The van der Waals surface area contributed by atoms with Crippen molar-refractivity contribution in [3.63, 3.8) is 0 Å². The molecule has 0 spiro atoms. The molecule has 7 nitrogen and oxygen atoms in total. The number of ether oxygens (including phenoxy) is 2. The first kappa shape index (κ1) is 23.2. The molecule has 2 aromatic rings. The topological polar surface area (TPSA) is 97.5 Å². The number of hydrogen-bond acceptors (Lipinski definition) is 5. The van der Waals surface area contributed by atoms with Crippen LogP contribution in [-0.4, -0.2) is 36.5 Å². The molecular formula is C23H30N2O5. The van der Waals surface area contributed by atoms with Gasteiger partial charge in [0.05, 0.1) is 12.7 Å². The van der Waals surface area contributed by atoms with Crippen LogP contribution >= 0.6 is 0 Å². The fourth-order valence-electron chi connectivity index (χ4n) is 3.44. The van der Waals surface area contributed by atoms with Gasteiger partial charge < -0.3 is 19.8 Å². The average molecular weight is 415 g/mol. The summed E-state index contributed by atoms with van der Waals surface area (Å²) in [7, 11) is 1.27. The molecule has 0 unspecified atom stereocenters. The van der Waals surface area contributed by atoms with E-state index in [0.717, 1.165) is 16.8 Å². The van der Waals surface area contributed by atoms with Gasteiger partial charge >= 0.3 is 11.9 Å². The van der Waals surface area contributed by atoms with Crippen molar-refractivity contribution in [2.45, 2.75) is 53.4 Å². The molecule has 0 aliphatic carbocycles. The van der Waals surface area contributed by atoms with Gasteiger partial charge in [0.2, 0.25) is 0 Å². The highest BCUT2D eigenvalue weighted by Crippen LogP contribution is 2.32. The van der Waals surface area contributed by atoms with Gasteiger partial charge in [0.25, 0.3) is 5.91 Å². The molecule has 162 valence electrons. The molecule has 1 aromatic carbocycles. The first-order chi connectivity index (χ1) is 14.1. The van der Waals surface area contributed by atoms with Crippen molar-refractivity contribution in [3.8, 4) is 0 Å². The molecule has 2 rings (SSSR count). The highest BCUT2D eigenvalue weighted by atomic mass is 16.5. The summed E-state index contributed by atoms with van der Waals surface area (Å²) >= 11 is 0. The summed E-state index contributed by atoms with van der Waals surface area (Å²) in [5.41, 5.74) is 4.18. The highest BCUT2D eigenvalue weighted by molar-refractivity contribution is 6.00. The molecule has 0 radical (unpaired) electrons. The van der Waals surface area contributed by atoms with Gasteiger partial charge in [-0.25, -0.2) is 9.59 Å². The summed E-state index contributed by atoms with van der Waals surface area (Å²) in [6.45, 7) is 11.1. The van der Waals surface area contributed by atoms with Crippen LogP contribution in [0.1, 0.15) is 82.8 Å². The van der Waals surface area contributed by atoms with E-state index >= 15 is 0 Å². The van der Waals surface area contributed by atoms with Gasteiger partial charge in [-0.15, -0.1) is 0 Å². The van der Waals surface area contributed by atoms with Crippen molar-refractivity contribution in [1.29, 1.82) is 0 Å². The Balaban J connectivity index is 2.15. The predicted octanol–water partition coefficient (Wildman–Crippen LogP) is 4.46. The Kier molecular flexibility index (Phi) is 7.43. The van der Waals surface area contributed by atoms with Crippen LogP contribution in [0.2, 0.25) is 0 Å². The standard InChI is InChI=1S/C23H30N2O5/c1-12(2)16-9-8-10-17(13(3)4)21(16)25-18(26)11-30-23(28)20-14(5)19(15(6)24-20)22(27)29-7/h8-10,12-13,24H,11H2,1-7H3,(H,25,26). The fourth-order valence-corrected chi connectivity index (χ4v) is 3.44. The number of hydrogen-bond donors (Lipinski definition) is 2. The quantitative estimate of drug-likeness (QED) is 0.652. The molecule has 0 aliphatic rings. The minimum atomic E-state index is -0.706. The van der Waals surface area contributed by atoms with Gasteiger partial charge in [0, 0.05) is 11.4 Å². The number of H-pyrrole nitrogens is 1. The number of methoxy groups -OCH3 is 1. The largest absolute Gasteiger partial charge is 0.465 e. The Labute approximate surface area is 177 Å². The number of benzene rings is 1. The molecule has 0 fully saturated rings. The molecule has 1 amide bonds. The molecule has 1 aromatic heterocycles. The third-order valence-electron chi connectivity index (χ3n) is 5.00. The van der Waals surface area contributed by atoms with Crippen LogP contribution in [0, 0.1) is 13.8 Å². The lowest BCUT2D eigenvalue weighted by atomic mass is 9.92. The van der Waals surface area contributed by atoms with E-state index in [9.17, 15) is 14.4 Å². The number of nitrogens with one attached hydrogen (secondary N) is 2. The van der Waals surface area contributed by atoms with Crippen LogP contribution in [0.3, 0.4) is 0 Å². The zero-order chi connectivity index (χ0) is 22.6. The zero-order valence-corrected chi connectivity index (χ0v) is 18.6. The minimum absolute atomic E-state index is 0.131. The van der Waals surface area contributed by atoms with Gasteiger partial charge in [0.1, 0.15) is 5.69 Å². The Hall–Kier alpha value is -3.09. The first-order valence-electron chi connectivity index (χ1n) is 9.95. The fraction of sp³-hybridized carbons (Fsp3) is 0.435. The number of rotatable bonds is 7. The summed E-state index contributed by atoms with van der Waals surface area (Å²) < 4.78 is 9.93. The molecule has 2 N–H and O–H groups in total. The molecule has 0 saturated heterocycles. The van der Waals surface area contributed by atoms with E-state index in [0.29, 0.717) is 16.8 Å². The first-order valence-corrected chi connectivity index (χ1v) is 9.95. The summed E-state index contributed by atoms with van der Waals surface area (Å²) in [6, 6.07) is 5.95. The van der Waals surface area contributed by atoms with Gasteiger partial charge in [-0.05, 0) is 42.4 Å². The number of carbonyl (C=O) groups is 3. The predicted molar refractivity (Wildman–Crippen MR) is 115 cm³/mol. The summed E-state index contributed by atoms with van der Waals surface area (Å²) in [5, 5.41) is 2.91. The number of aromatic amines is 1. The summed E-state index contributed by atoms with van der Waals surface area (Å²) in [5.74, 6) is -1.22. The zero-order valence-electron chi connectivity index (χ0n) is 18.6. The average Bonchev–Trinajstić information content (AvgIpc) is 2.99. The van der Waals surface area contributed by atoms with Crippen molar-refractivity contribution in [1.82, 2.24) is 4.98 Å². The van der Waals surface area contributed by atoms with Gasteiger partial charge in [-0.2, -0.15) is 0 Å².